The lowest BCUT2D eigenvalue weighted by atomic mass is 10.0. The highest BCUT2D eigenvalue weighted by Gasteiger charge is 2.31. The van der Waals surface area contributed by atoms with Crippen LogP contribution in [0.3, 0.4) is 0 Å². The quantitative estimate of drug-likeness (QED) is 0.273. The molecule has 0 aliphatic rings. The van der Waals surface area contributed by atoms with Gasteiger partial charge in [-0.1, -0.05) is 5.92 Å². The van der Waals surface area contributed by atoms with Crippen LogP contribution in [0.5, 0.6) is 0 Å². The molecule has 0 saturated heterocycles. The predicted octanol–water partition coefficient (Wildman–Crippen LogP) is -2.72. The molecule has 6 nitrogen and oxygen atoms in total. The summed E-state index contributed by atoms with van der Waals surface area (Å²) in [7, 11) is 0. The van der Waals surface area contributed by atoms with E-state index in [0.717, 1.165) is 0 Å². The standard InChI is InChI=1S/C9H14O6/c1-2-3-15-7(5-11)9(14)8(13)6(12)4-10/h1,5-10,12-14H,3-4H2/t6-,7+,8-,9-/m1/s1. The van der Waals surface area contributed by atoms with Gasteiger partial charge < -0.3 is 30.0 Å². The van der Waals surface area contributed by atoms with Crippen LogP contribution < -0.4 is 0 Å². The molecular weight excluding hydrogens is 204 g/mol. The van der Waals surface area contributed by atoms with Gasteiger partial charge in [-0.3, -0.25) is 0 Å². The van der Waals surface area contributed by atoms with Crippen molar-refractivity contribution in [2.75, 3.05) is 13.2 Å². The summed E-state index contributed by atoms with van der Waals surface area (Å²) in [5.74, 6) is 2.08. The molecule has 0 fully saturated rings. The van der Waals surface area contributed by atoms with Crippen molar-refractivity contribution in [1.82, 2.24) is 0 Å². The molecule has 15 heavy (non-hydrogen) atoms. The van der Waals surface area contributed by atoms with E-state index < -0.39 is 31.0 Å². The van der Waals surface area contributed by atoms with Gasteiger partial charge in [-0.25, -0.2) is 0 Å². The van der Waals surface area contributed by atoms with Crippen molar-refractivity contribution in [3.63, 3.8) is 0 Å². The second-order valence-electron chi connectivity index (χ2n) is 2.85. The summed E-state index contributed by atoms with van der Waals surface area (Å²) in [5, 5.41) is 36.1. The van der Waals surface area contributed by atoms with Crippen molar-refractivity contribution in [3.05, 3.63) is 0 Å². The lowest BCUT2D eigenvalue weighted by Gasteiger charge is -2.25. The van der Waals surface area contributed by atoms with Gasteiger partial charge in [0.25, 0.3) is 0 Å². The third kappa shape index (κ3) is 4.38. The Labute approximate surface area is 87.1 Å². The van der Waals surface area contributed by atoms with E-state index in [1.165, 1.54) is 0 Å². The van der Waals surface area contributed by atoms with E-state index in [1.54, 1.807) is 0 Å². The van der Waals surface area contributed by atoms with Crippen LogP contribution >= 0.6 is 0 Å². The lowest BCUT2D eigenvalue weighted by molar-refractivity contribution is -0.143. The Morgan fingerprint density at radius 3 is 2.33 bits per heavy atom. The summed E-state index contributed by atoms with van der Waals surface area (Å²) in [6.07, 6.45) is -1.07. The first-order valence-electron chi connectivity index (χ1n) is 4.23. The van der Waals surface area contributed by atoms with E-state index in [1.807, 2.05) is 0 Å². The van der Waals surface area contributed by atoms with Gasteiger partial charge in [0, 0.05) is 0 Å². The number of hydrogen-bond acceptors (Lipinski definition) is 6. The molecule has 0 heterocycles. The summed E-state index contributed by atoms with van der Waals surface area (Å²) in [6.45, 7) is -0.943. The molecule has 0 aromatic rings. The Balaban J connectivity index is 4.30. The average molecular weight is 218 g/mol. The van der Waals surface area contributed by atoms with Gasteiger partial charge in [0.2, 0.25) is 0 Å². The molecule has 0 rings (SSSR count). The van der Waals surface area contributed by atoms with E-state index in [9.17, 15) is 15.0 Å². The molecule has 86 valence electrons. The van der Waals surface area contributed by atoms with Gasteiger partial charge in [-0.2, -0.15) is 0 Å². The fraction of sp³-hybridized carbons (Fsp3) is 0.667. The Bertz CT molecular complexity index is 223. The minimum absolute atomic E-state index is 0.206. The number of aliphatic hydroxyl groups excluding tert-OH is 4. The zero-order valence-electron chi connectivity index (χ0n) is 7.98. The van der Waals surface area contributed by atoms with Gasteiger partial charge in [0.15, 0.2) is 6.29 Å². The SMILES string of the molecule is C#CCO[C@@H](C=O)[C@@H](O)[C@H](O)[C@H](O)CO. The second-order valence-corrected chi connectivity index (χ2v) is 2.85. The third-order valence-electron chi connectivity index (χ3n) is 1.76. The van der Waals surface area contributed by atoms with Crippen LogP contribution in [0.25, 0.3) is 0 Å². The molecule has 4 atom stereocenters. The van der Waals surface area contributed by atoms with Crippen molar-refractivity contribution < 1.29 is 30.0 Å². The normalized spacial score (nSPS) is 18.6. The maximum Gasteiger partial charge on any atom is 0.151 e. The van der Waals surface area contributed by atoms with Crippen LogP contribution in [-0.2, 0) is 9.53 Å². The van der Waals surface area contributed by atoms with Crippen molar-refractivity contribution in [1.29, 1.82) is 0 Å². The number of hydrogen-bond donors (Lipinski definition) is 4. The molecule has 0 aliphatic heterocycles. The monoisotopic (exact) mass is 218 g/mol. The molecule has 0 aromatic heterocycles. The Hall–Kier alpha value is -0.970. The number of rotatable bonds is 7. The Kier molecular flexibility index (Phi) is 6.86. The predicted molar refractivity (Wildman–Crippen MR) is 49.7 cm³/mol. The molecule has 0 aliphatic carbocycles. The molecule has 0 aromatic carbocycles. The number of aliphatic hydroxyl groups is 4. The smallest absolute Gasteiger partial charge is 0.151 e. The highest BCUT2D eigenvalue weighted by atomic mass is 16.5. The van der Waals surface area contributed by atoms with E-state index in [0.29, 0.717) is 0 Å². The second kappa shape index (κ2) is 7.34. The van der Waals surface area contributed by atoms with Crippen molar-refractivity contribution in [3.8, 4) is 12.3 Å². The van der Waals surface area contributed by atoms with Gasteiger partial charge >= 0.3 is 0 Å². The summed E-state index contributed by atoms with van der Waals surface area (Å²) in [6, 6.07) is 0. The largest absolute Gasteiger partial charge is 0.394 e. The minimum atomic E-state index is -1.68. The Morgan fingerprint density at radius 1 is 1.33 bits per heavy atom. The van der Waals surface area contributed by atoms with Gasteiger partial charge in [-0.05, 0) is 0 Å². The maximum atomic E-state index is 10.5. The van der Waals surface area contributed by atoms with Gasteiger partial charge in [0.1, 0.15) is 31.0 Å². The number of carbonyl (C=O) groups excluding carboxylic acids is 1. The number of carbonyl (C=O) groups is 1. The molecule has 0 spiro atoms. The zero-order chi connectivity index (χ0) is 11.8. The van der Waals surface area contributed by atoms with E-state index in [4.69, 9.17) is 21.4 Å². The molecule has 0 bridgehead atoms. The first kappa shape index (κ1) is 14.0. The van der Waals surface area contributed by atoms with Crippen LogP contribution in [0, 0.1) is 12.3 Å². The molecule has 0 saturated carbocycles. The summed E-state index contributed by atoms with van der Waals surface area (Å²) in [4.78, 5) is 10.5. The lowest BCUT2D eigenvalue weighted by Crippen LogP contribution is -2.47. The molecule has 6 heteroatoms. The Morgan fingerprint density at radius 2 is 1.93 bits per heavy atom. The topological polar surface area (TPSA) is 107 Å². The first-order valence-corrected chi connectivity index (χ1v) is 4.23. The average Bonchev–Trinajstić information content (AvgIpc) is 2.27. The van der Waals surface area contributed by atoms with Crippen LogP contribution in [-0.4, -0.2) is 64.3 Å². The number of aldehydes is 1. The van der Waals surface area contributed by atoms with Crippen LogP contribution in [0.2, 0.25) is 0 Å². The van der Waals surface area contributed by atoms with Gasteiger partial charge in [-0.15, -0.1) is 6.42 Å². The van der Waals surface area contributed by atoms with Crippen LogP contribution in [0.1, 0.15) is 0 Å². The first-order chi connectivity index (χ1) is 7.08. The van der Waals surface area contributed by atoms with Crippen LogP contribution in [0.4, 0.5) is 0 Å². The van der Waals surface area contributed by atoms with E-state index >= 15 is 0 Å². The minimum Gasteiger partial charge on any atom is -0.394 e. The number of ether oxygens (including phenoxy) is 1. The molecule has 0 amide bonds. The summed E-state index contributed by atoms with van der Waals surface area (Å²) < 4.78 is 4.71. The highest BCUT2D eigenvalue weighted by molar-refractivity contribution is 5.57. The fourth-order valence-electron chi connectivity index (χ4n) is 0.893. The molecule has 4 N–H and O–H groups in total. The molecule has 0 radical (unpaired) electrons. The summed E-state index contributed by atoms with van der Waals surface area (Å²) in [5.41, 5.74) is 0. The summed E-state index contributed by atoms with van der Waals surface area (Å²) >= 11 is 0. The van der Waals surface area contributed by atoms with Crippen LogP contribution in [0.15, 0.2) is 0 Å². The fourth-order valence-corrected chi connectivity index (χ4v) is 0.893. The number of terminal acetylenes is 1. The highest BCUT2D eigenvalue weighted by Crippen LogP contribution is 2.06. The van der Waals surface area contributed by atoms with Crippen molar-refractivity contribution in [2.45, 2.75) is 24.4 Å². The molecular formula is C9H14O6. The van der Waals surface area contributed by atoms with E-state index in [-0.39, 0.29) is 12.9 Å². The molecule has 0 unspecified atom stereocenters. The van der Waals surface area contributed by atoms with Crippen molar-refractivity contribution >= 4 is 6.29 Å². The third-order valence-corrected chi connectivity index (χ3v) is 1.76. The van der Waals surface area contributed by atoms with Gasteiger partial charge in [0.05, 0.1) is 6.61 Å². The van der Waals surface area contributed by atoms with Crippen molar-refractivity contribution in [2.24, 2.45) is 0 Å². The zero-order valence-corrected chi connectivity index (χ0v) is 7.98. The maximum absolute atomic E-state index is 10.5. The van der Waals surface area contributed by atoms with E-state index in [2.05, 4.69) is 5.92 Å².